The Kier molecular flexibility index (Phi) is 2.45. The standard InChI is InChI=1S/C13H22OSi/c1-13-7-5-10(9-15(2,3)4)11(6-8-13)12(13)14/h9,11H,5-8H2,1-4H3/b10-9+/t11-,13-/m0/s1. The summed E-state index contributed by atoms with van der Waals surface area (Å²) in [5.74, 6) is 0.841. The fraction of sp³-hybridized carbons (Fsp3) is 0.769. The van der Waals surface area contributed by atoms with Gasteiger partial charge in [0.15, 0.2) is 0 Å². The number of allylic oxidation sites excluding steroid dienone is 1. The molecule has 0 amide bonds. The fourth-order valence-corrected chi connectivity index (χ4v) is 4.52. The van der Waals surface area contributed by atoms with Crippen molar-refractivity contribution in [2.45, 2.75) is 52.2 Å². The van der Waals surface area contributed by atoms with Crippen molar-refractivity contribution in [1.82, 2.24) is 0 Å². The van der Waals surface area contributed by atoms with Gasteiger partial charge in [0.05, 0.1) is 8.07 Å². The molecule has 2 saturated carbocycles. The minimum atomic E-state index is -1.15. The summed E-state index contributed by atoms with van der Waals surface area (Å²) in [4.78, 5) is 12.2. The van der Waals surface area contributed by atoms with E-state index in [2.05, 4.69) is 32.3 Å². The minimum Gasteiger partial charge on any atom is -0.298 e. The first-order valence-corrected chi connectivity index (χ1v) is 9.66. The molecule has 0 N–H and O–H groups in total. The number of carbonyl (C=O) groups is 1. The van der Waals surface area contributed by atoms with Gasteiger partial charge in [0.25, 0.3) is 0 Å². The molecule has 2 bridgehead atoms. The quantitative estimate of drug-likeness (QED) is 0.620. The topological polar surface area (TPSA) is 17.1 Å². The first-order valence-electron chi connectivity index (χ1n) is 6.08. The molecule has 0 aromatic rings. The van der Waals surface area contributed by atoms with E-state index in [-0.39, 0.29) is 5.41 Å². The number of fused-ring (bicyclic) bond motifs is 2. The smallest absolute Gasteiger partial charge is 0.145 e. The molecule has 2 aliphatic carbocycles. The van der Waals surface area contributed by atoms with E-state index in [4.69, 9.17) is 0 Å². The van der Waals surface area contributed by atoms with Gasteiger partial charge in [-0.05, 0) is 25.7 Å². The molecule has 2 aliphatic rings. The van der Waals surface area contributed by atoms with Crippen molar-refractivity contribution < 1.29 is 4.79 Å². The van der Waals surface area contributed by atoms with Crippen molar-refractivity contribution in [3.8, 4) is 0 Å². The van der Waals surface area contributed by atoms with E-state index in [1.165, 1.54) is 12.0 Å². The zero-order chi connectivity index (χ0) is 11.3. The van der Waals surface area contributed by atoms with E-state index in [0.717, 1.165) is 19.3 Å². The molecule has 0 heterocycles. The van der Waals surface area contributed by atoms with Crippen molar-refractivity contribution in [2.75, 3.05) is 0 Å². The third kappa shape index (κ3) is 1.96. The van der Waals surface area contributed by atoms with Gasteiger partial charge in [-0.1, -0.05) is 37.8 Å². The Morgan fingerprint density at radius 2 is 2.00 bits per heavy atom. The van der Waals surface area contributed by atoms with Gasteiger partial charge in [-0.15, -0.1) is 0 Å². The van der Waals surface area contributed by atoms with Crippen LogP contribution < -0.4 is 0 Å². The molecule has 0 spiro atoms. The summed E-state index contributed by atoms with van der Waals surface area (Å²) in [6.45, 7) is 9.23. The lowest BCUT2D eigenvalue weighted by Crippen LogP contribution is -2.32. The second-order valence-corrected chi connectivity index (χ2v) is 11.6. The molecule has 0 saturated heterocycles. The molecule has 2 heteroatoms. The number of rotatable bonds is 1. The maximum absolute atomic E-state index is 12.2. The van der Waals surface area contributed by atoms with Gasteiger partial charge in [0.2, 0.25) is 0 Å². The van der Waals surface area contributed by atoms with Crippen LogP contribution in [0.25, 0.3) is 0 Å². The highest BCUT2D eigenvalue weighted by Gasteiger charge is 2.48. The van der Waals surface area contributed by atoms with E-state index >= 15 is 0 Å². The summed E-state index contributed by atoms with van der Waals surface area (Å²) in [6.07, 6.45) is 4.51. The lowest BCUT2D eigenvalue weighted by atomic mass is 9.74. The molecule has 2 fully saturated rings. The second-order valence-electron chi connectivity index (χ2n) is 6.60. The number of hydrogen-bond acceptors (Lipinski definition) is 1. The highest BCUT2D eigenvalue weighted by atomic mass is 28.3. The highest BCUT2D eigenvalue weighted by Crippen LogP contribution is 2.50. The summed E-state index contributed by atoms with van der Waals surface area (Å²) in [7, 11) is -1.15. The van der Waals surface area contributed by atoms with Crippen molar-refractivity contribution in [3.05, 3.63) is 11.3 Å². The molecule has 0 aliphatic heterocycles. The van der Waals surface area contributed by atoms with Crippen molar-refractivity contribution in [1.29, 1.82) is 0 Å². The van der Waals surface area contributed by atoms with Gasteiger partial charge in [-0.2, -0.15) is 0 Å². The van der Waals surface area contributed by atoms with E-state index < -0.39 is 8.07 Å². The van der Waals surface area contributed by atoms with Crippen LogP contribution >= 0.6 is 0 Å². The monoisotopic (exact) mass is 222 g/mol. The number of Topliss-reactive ketones (excluding diaryl/α,β-unsaturated/α-hetero) is 1. The van der Waals surface area contributed by atoms with Crippen LogP contribution in [0.3, 0.4) is 0 Å². The SMILES string of the molecule is C[C@]12CC/C(=C\[Si](C)(C)C)[C@H](CC1)C2=O. The zero-order valence-corrected chi connectivity index (χ0v) is 11.4. The summed E-state index contributed by atoms with van der Waals surface area (Å²) in [5.41, 5.74) is 4.00. The van der Waals surface area contributed by atoms with E-state index in [0.29, 0.717) is 11.7 Å². The van der Waals surface area contributed by atoms with Crippen LogP contribution in [0.15, 0.2) is 11.3 Å². The minimum absolute atomic E-state index is 0.0431. The Bertz CT molecular complexity index is 324. The Labute approximate surface area is 94.0 Å². The highest BCUT2D eigenvalue weighted by molar-refractivity contribution is 6.81. The summed E-state index contributed by atoms with van der Waals surface area (Å²) >= 11 is 0. The van der Waals surface area contributed by atoms with Crippen molar-refractivity contribution >= 4 is 13.9 Å². The molecule has 15 heavy (non-hydrogen) atoms. The average molecular weight is 222 g/mol. The molecule has 0 radical (unpaired) electrons. The molecule has 0 aromatic heterocycles. The first-order chi connectivity index (χ1) is 6.82. The van der Waals surface area contributed by atoms with Gasteiger partial charge in [0, 0.05) is 11.3 Å². The lowest BCUT2D eigenvalue weighted by molar-refractivity contribution is -0.128. The average Bonchev–Trinajstić information content (AvgIpc) is 2.28. The largest absolute Gasteiger partial charge is 0.298 e. The van der Waals surface area contributed by atoms with E-state index in [1.54, 1.807) is 0 Å². The molecule has 1 nitrogen and oxygen atoms in total. The van der Waals surface area contributed by atoms with Crippen LogP contribution in [0.1, 0.15) is 32.6 Å². The van der Waals surface area contributed by atoms with Crippen LogP contribution in [-0.2, 0) is 4.79 Å². The fourth-order valence-electron chi connectivity index (χ4n) is 3.06. The van der Waals surface area contributed by atoms with Crippen LogP contribution in [0, 0.1) is 11.3 Å². The Morgan fingerprint density at radius 1 is 1.33 bits per heavy atom. The molecular weight excluding hydrogens is 200 g/mol. The lowest BCUT2D eigenvalue weighted by Gasteiger charge is -2.30. The molecule has 84 valence electrons. The third-order valence-corrected chi connectivity index (χ3v) is 5.16. The van der Waals surface area contributed by atoms with Gasteiger partial charge in [-0.3, -0.25) is 4.79 Å². The van der Waals surface area contributed by atoms with Crippen molar-refractivity contribution in [2.24, 2.45) is 11.3 Å². The van der Waals surface area contributed by atoms with Crippen molar-refractivity contribution in [3.63, 3.8) is 0 Å². The number of carbonyl (C=O) groups excluding carboxylic acids is 1. The van der Waals surface area contributed by atoms with Gasteiger partial charge < -0.3 is 0 Å². The number of ketones is 1. The Morgan fingerprint density at radius 3 is 2.60 bits per heavy atom. The Balaban J connectivity index is 2.27. The van der Waals surface area contributed by atoms with Crippen LogP contribution in [-0.4, -0.2) is 13.9 Å². The van der Waals surface area contributed by atoms with Crippen LogP contribution in [0.5, 0.6) is 0 Å². The predicted molar refractivity (Wildman–Crippen MR) is 66.5 cm³/mol. The molecule has 0 unspecified atom stereocenters. The maximum Gasteiger partial charge on any atom is 0.145 e. The predicted octanol–water partition coefficient (Wildman–Crippen LogP) is 3.57. The van der Waals surface area contributed by atoms with E-state index in [1.807, 2.05) is 0 Å². The normalized spacial score (nSPS) is 38.8. The Hall–Kier alpha value is -0.373. The molecule has 2 atom stereocenters. The second kappa shape index (κ2) is 3.31. The molecular formula is C13H22OSi. The summed E-state index contributed by atoms with van der Waals surface area (Å²) in [6, 6.07) is 0. The summed E-state index contributed by atoms with van der Waals surface area (Å²) in [5, 5.41) is 0. The van der Waals surface area contributed by atoms with Gasteiger partial charge in [0.1, 0.15) is 5.78 Å². The van der Waals surface area contributed by atoms with Gasteiger partial charge >= 0.3 is 0 Å². The van der Waals surface area contributed by atoms with Gasteiger partial charge in [-0.25, -0.2) is 0 Å². The maximum atomic E-state index is 12.2. The number of hydrogen-bond donors (Lipinski definition) is 0. The summed E-state index contributed by atoms with van der Waals surface area (Å²) < 4.78 is 0. The van der Waals surface area contributed by atoms with Crippen LogP contribution in [0.2, 0.25) is 19.6 Å². The first kappa shape index (κ1) is 11.1. The van der Waals surface area contributed by atoms with Crippen LogP contribution in [0.4, 0.5) is 0 Å². The molecule has 2 rings (SSSR count). The molecule has 0 aromatic carbocycles. The zero-order valence-electron chi connectivity index (χ0n) is 10.4. The van der Waals surface area contributed by atoms with E-state index in [9.17, 15) is 4.79 Å². The third-order valence-electron chi connectivity index (χ3n) is 3.93.